The number of aromatic nitrogens is 1. The van der Waals surface area contributed by atoms with E-state index in [-0.39, 0.29) is 5.56 Å². The molecule has 4 N–H and O–H groups in total. The number of ether oxygens (including phenoxy) is 1. The number of benzene rings is 2. The number of nitrogens with zero attached hydrogens (tertiary/aromatic N) is 2. The molecule has 0 atom stereocenters. The summed E-state index contributed by atoms with van der Waals surface area (Å²) in [6.07, 6.45) is 3.11. The summed E-state index contributed by atoms with van der Waals surface area (Å²) in [4.78, 5) is 16.3. The molecule has 0 saturated heterocycles. The van der Waals surface area contributed by atoms with Crippen molar-refractivity contribution in [2.45, 2.75) is 0 Å². The van der Waals surface area contributed by atoms with Gasteiger partial charge in [0, 0.05) is 48.3 Å². The summed E-state index contributed by atoms with van der Waals surface area (Å²) in [6.45, 7) is 0. The predicted molar refractivity (Wildman–Crippen MR) is 111 cm³/mol. The van der Waals surface area contributed by atoms with Crippen molar-refractivity contribution >= 4 is 29.2 Å². The molecular weight excluding hydrogens is 364 g/mol. The maximum absolute atomic E-state index is 12.4. The summed E-state index contributed by atoms with van der Waals surface area (Å²) in [5.74, 6) is 1.17. The molecule has 2 aromatic carbocycles. The number of anilines is 2. The van der Waals surface area contributed by atoms with E-state index in [1.54, 1.807) is 62.8 Å². The molecule has 138 valence electrons. The molecule has 6 nitrogen and oxygen atoms in total. The Bertz CT molecular complexity index is 1070. The van der Waals surface area contributed by atoms with Gasteiger partial charge in [0.25, 0.3) is 5.56 Å². The van der Waals surface area contributed by atoms with Crippen molar-refractivity contribution in [3.05, 3.63) is 69.6 Å². The lowest BCUT2D eigenvalue weighted by Crippen LogP contribution is -2.23. The van der Waals surface area contributed by atoms with Crippen LogP contribution >= 0.6 is 11.6 Å². The number of aryl methyl sites for hydroxylation is 1. The average molecular weight is 383 g/mol. The fourth-order valence-corrected chi connectivity index (χ4v) is 2.84. The van der Waals surface area contributed by atoms with E-state index >= 15 is 0 Å². The first-order valence-electron chi connectivity index (χ1n) is 8.15. The molecule has 1 aromatic heterocycles. The van der Waals surface area contributed by atoms with Gasteiger partial charge in [0.2, 0.25) is 0 Å². The Kier molecular flexibility index (Phi) is 5.19. The van der Waals surface area contributed by atoms with Crippen molar-refractivity contribution in [1.82, 2.24) is 4.57 Å². The molecule has 0 bridgehead atoms. The van der Waals surface area contributed by atoms with Crippen molar-refractivity contribution in [3.8, 4) is 22.6 Å². The van der Waals surface area contributed by atoms with Crippen LogP contribution in [0, 0.1) is 0 Å². The molecule has 0 aliphatic carbocycles. The number of rotatable bonds is 4. The summed E-state index contributed by atoms with van der Waals surface area (Å²) in [6, 6.07) is 12.3. The highest BCUT2D eigenvalue weighted by atomic mass is 35.5. The zero-order valence-corrected chi connectivity index (χ0v) is 15.7. The third-order valence-electron chi connectivity index (χ3n) is 4.05. The van der Waals surface area contributed by atoms with E-state index in [2.05, 4.69) is 4.99 Å². The first-order chi connectivity index (χ1) is 12.9. The van der Waals surface area contributed by atoms with Gasteiger partial charge in [0.1, 0.15) is 11.5 Å². The number of hydrogen-bond acceptors (Lipinski definition) is 5. The zero-order valence-electron chi connectivity index (χ0n) is 14.9. The van der Waals surface area contributed by atoms with Crippen LogP contribution in [0.3, 0.4) is 0 Å². The van der Waals surface area contributed by atoms with Gasteiger partial charge < -0.3 is 20.8 Å². The molecule has 0 aliphatic heterocycles. The average Bonchev–Trinajstić information content (AvgIpc) is 2.65. The molecular formula is C20H19ClN4O2. The Morgan fingerprint density at radius 1 is 1.11 bits per heavy atom. The van der Waals surface area contributed by atoms with Crippen LogP contribution in [0.25, 0.3) is 11.1 Å². The van der Waals surface area contributed by atoms with Gasteiger partial charge in [-0.25, -0.2) is 0 Å². The molecule has 0 radical (unpaired) electrons. The number of hydrogen-bond donors (Lipinski definition) is 2. The van der Waals surface area contributed by atoms with Crippen molar-refractivity contribution < 1.29 is 4.74 Å². The largest absolute Gasteiger partial charge is 0.457 e. The van der Waals surface area contributed by atoms with Crippen molar-refractivity contribution in [1.29, 1.82) is 0 Å². The molecule has 0 unspecified atom stereocenters. The number of aliphatic imine (C=N–C) groups is 1. The second-order valence-corrected chi connectivity index (χ2v) is 6.42. The number of nitrogens with two attached hydrogens (primary N) is 2. The van der Waals surface area contributed by atoms with Crippen molar-refractivity contribution in [2.24, 2.45) is 12.0 Å². The topological polar surface area (TPSA) is 95.6 Å². The Morgan fingerprint density at radius 3 is 2.48 bits per heavy atom. The SMILES string of the molecule is CN=Cc1c(N)c(-c2cc(N)ccc2Oc2ccc(Cl)cc2)cn(C)c1=O. The van der Waals surface area contributed by atoms with Crippen LogP contribution in [-0.4, -0.2) is 17.8 Å². The van der Waals surface area contributed by atoms with Gasteiger partial charge in [-0.15, -0.1) is 0 Å². The number of pyridine rings is 1. The van der Waals surface area contributed by atoms with Crippen LogP contribution < -0.4 is 21.8 Å². The van der Waals surface area contributed by atoms with Gasteiger partial charge >= 0.3 is 0 Å². The van der Waals surface area contributed by atoms with E-state index in [0.717, 1.165) is 0 Å². The third-order valence-corrected chi connectivity index (χ3v) is 4.30. The van der Waals surface area contributed by atoms with Crippen molar-refractivity contribution in [3.63, 3.8) is 0 Å². The highest BCUT2D eigenvalue weighted by Gasteiger charge is 2.16. The fourth-order valence-electron chi connectivity index (χ4n) is 2.72. The molecule has 0 saturated carbocycles. The summed E-state index contributed by atoms with van der Waals surface area (Å²) < 4.78 is 7.46. The third kappa shape index (κ3) is 3.80. The van der Waals surface area contributed by atoms with E-state index in [4.69, 9.17) is 27.8 Å². The Morgan fingerprint density at radius 2 is 1.81 bits per heavy atom. The summed E-state index contributed by atoms with van der Waals surface area (Å²) in [5, 5.41) is 0.616. The van der Waals surface area contributed by atoms with Crippen LogP contribution in [0.4, 0.5) is 11.4 Å². The number of nitrogen functional groups attached to an aromatic ring is 2. The Hall–Kier alpha value is -3.25. The molecule has 0 fully saturated rings. The van der Waals surface area contributed by atoms with Crippen molar-refractivity contribution in [2.75, 3.05) is 18.5 Å². The Labute approximate surface area is 161 Å². The first-order valence-corrected chi connectivity index (χ1v) is 8.53. The summed E-state index contributed by atoms with van der Waals surface area (Å²) in [7, 11) is 3.24. The van der Waals surface area contributed by atoms with Crippen LogP contribution in [0.5, 0.6) is 11.5 Å². The Balaban J connectivity index is 2.18. The minimum atomic E-state index is -0.231. The van der Waals surface area contributed by atoms with Crippen LogP contribution in [0.15, 0.2) is 58.4 Å². The molecule has 1 heterocycles. The van der Waals surface area contributed by atoms with Gasteiger partial charge in [-0.2, -0.15) is 0 Å². The molecule has 0 amide bonds. The molecule has 7 heteroatoms. The summed E-state index contributed by atoms with van der Waals surface area (Å²) in [5.41, 5.74) is 14.5. The van der Waals surface area contributed by atoms with E-state index < -0.39 is 0 Å². The molecule has 0 aliphatic rings. The smallest absolute Gasteiger partial charge is 0.261 e. The highest BCUT2D eigenvalue weighted by Crippen LogP contribution is 2.38. The lowest BCUT2D eigenvalue weighted by Gasteiger charge is -2.16. The van der Waals surface area contributed by atoms with Gasteiger partial charge in [-0.3, -0.25) is 9.79 Å². The lowest BCUT2D eigenvalue weighted by atomic mass is 10.0. The fraction of sp³-hybridized carbons (Fsp3) is 0.100. The van der Waals surface area contributed by atoms with Gasteiger partial charge in [0.15, 0.2) is 0 Å². The highest BCUT2D eigenvalue weighted by molar-refractivity contribution is 6.30. The molecule has 3 aromatic rings. The quantitative estimate of drug-likeness (QED) is 0.531. The summed E-state index contributed by atoms with van der Waals surface area (Å²) >= 11 is 5.93. The minimum Gasteiger partial charge on any atom is -0.457 e. The van der Waals surface area contributed by atoms with Gasteiger partial charge in [-0.05, 0) is 42.5 Å². The van der Waals surface area contributed by atoms with Crippen LogP contribution in [-0.2, 0) is 7.05 Å². The van der Waals surface area contributed by atoms with E-state index in [1.807, 2.05) is 0 Å². The molecule has 3 rings (SSSR count). The monoisotopic (exact) mass is 382 g/mol. The first kappa shape index (κ1) is 18.5. The second kappa shape index (κ2) is 7.55. The standard InChI is InChI=1S/C20H19ClN4O2/c1-24-10-16-19(23)17(11-25(2)20(16)26)15-9-13(22)5-8-18(15)27-14-6-3-12(21)4-7-14/h3-11H,22-23H2,1-2H3. The zero-order chi connectivity index (χ0) is 19.6. The van der Waals surface area contributed by atoms with E-state index in [1.165, 1.54) is 10.8 Å². The van der Waals surface area contributed by atoms with Gasteiger partial charge in [0.05, 0.1) is 11.3 Å². The lowest BCUT2D eigenvalue weighted by molar-refractivity contribution is 0.484. The van der Waals surface area contributed by atoms with Crippen LogP contribution in [0.2, 0.25) is 5.02 Å². The maximum atomic E-state index is 12.4. The predicted octanol–water partition coefficient (Wildman–Crippen LogP) is 3.71. The molecule has 0 spiro atoms. The van der Waals surface area contributed by atoms with Crippen LogP contribution in [0.1, 0.15) is 5.56 Å². The minimum absolute atomic E-state index is 0.231. The maximum Gasteiger partial charge on any atom is 0.261 e. The second-order valence-electron chi connectivity index (χ2n) is 5.99. The normalized spacial score (nSPS) is 11.1. The van der Waals surface area contributed by atoms with Gasteiger partial charge in [-0.1, -0.05) is 11.6 Å². The number of halogens is 1. The molecule has 27 heavy (non-hydrogen) atoms. The van der Waals surface area contributed by atoms with E-state index in [9.17, 15) is 4.79 Å². The van der Waals surface area contributed by atoms with E-state index in [0.29, 0.717) is 44.6 Å².